The van der Waals surface area contributed by atoms with E-state index < -0.39 is 11.5 Å². The molecule has 0 saturated carbocycles. The van der Waals surface area contributed by atoms with Gasteiger partial charge in [0.1, 0.15) is 11.4 Å². The van der Waals surface area contributed by atoms with Crippen molar-refractivity contribution in [3.63, 3.8) is 0 Å². The van der Waals surface area contributed by atoms with Gasteiger partial charge in [-0.3, -0.25) is 4.79 Å². The van der Waals surface area contributed by atoms with Gasteiger partial charge in [-0.25, -0.2) is 9.78 Å². The maximum Gasteiger partial charge on any atom is 0.343 e. The molecular formula is C13H12N2O3S. The van der Waals surface area contributed by atoms with Crippen LogP contribution in [0.2, 0.25) is 0 Å². The van der Waals surface area contributed by atoms with E-state index in [9.17, 15) is 9.59 Å². The molecule has 1 heterocycles. The summed E-state index contributed by atoms with van der Waals surface area (Å²) in [5, 5.41) is 8.91. The van der Waals surface area contributed by atoms with Gasteiger partial charge in [0.25, 0.3) is 5.56 Å². The standard InChI is InChI=1S/C13H12N2O3S/c1-7-10(13(17)18)12(16)15-11(14-7)8-3-5-9(19-2)6-4-8/h3-6H,1-2H3,(H,17,18)(H,14,15,16). The second-order valence-electron chi connectivity index (χ2n) is 3.91. The van der Waals surface area contributed by atoms with Gasteiger partial charge in [-0.05, 0) is 25.3 Å². The molecule has 6 heteroatoms. The highest BCUT2D eigenvalue weighted by Crippen LogP contribution is 2.20. The summed E-state index contributed by atoms with van der Waals surface area (Å²) >= 11 is 1.62. The highest BCUT2D eigenvalue weighted by Gasteiger charge is 2.15. The Hall–Kier alpha value is -2.08. The van der Waals surface area contributed by atoms with Gasteiger partial charge < -0.3 is 10.1 Å². The van der Waals surface area contributed by atoms with E-state index in [4.69, 9.17) is 5.11 Å². The zero-order valence-corrected chi connectivity index (χ0v) is 11.2. The molecule has 19 heavy (non-hydrogen) atoms. The van der Waals surface area contributed by atoms with Crippen LogP contribution in [0.15, 0.2) is 34.0 Å². The van der Waals surface area contributed by atoms with Crippen LogP contribution in [0.4, 0.5) is 0 Å². The summed E-state index contributed by atoms with van der Waals surface area (Å²) in [6, 6.07) is 7.51. The number of benzene rings is 1. The minimum Gasteiger partial charge on any atom is -0.477 e. The van der Waals surface area contributed by atoms with Crippen molar-refractivity contribution in [2.75, 3.05) is 6.26 Å². The van der Waals surface area contributed by atoms with E-state index in [1.165, 1.54) is 6.92 Å². The molecule has 0 aliphatic rings. The lowest BCUT2D eigenvalue weighted by Gasteiger charge is -2.05. The molecule has 0 spiro atoms. The topological polar surface area (TPSA) is 83.0 Å². The highest BCUT2D eigenvalue weighted by molar-refractivity contribution is 7.98. The van der Waals surface area contributed by atoms with E-state index in [1.807, 2.05) is 30.5 Å². The maximum atomic E-state index is 11.7. The lowest BCUT2D eigenvalue weighted by molar-refractivity contribution is 0.0693. The molecular weight excluding hydrogens is 264 g/mol. The Bertz CT molecular complexity index is 677. The van der Waals surface area contributed by atoms with Crippen molar-refractivity contribution >= 4 is 17.7 Å². The van der Waals surface area contributed by atoms with Crippen LogP contribution in [0, 0.1) is 6.92 Å². The number of rotatable bonds is 3. The monoisotopic (exact) mass is 276 g/mol. The largest absolute Gasteiger partial charge is 0.477 e. The first-order valence-corrected chi connectivity index (χ1v) is 6.74. The van der Waals surface area contributed by atoms with Crippen molar-refractivity contribution < 1.29 is 9.90 Å². The van der Waals surface area contributed by atoms with Crippen molar-refractivity contribution in [3.05, 3.63) is 45.9 Å². The van der Waals surface area contributed by atoms with Gasteiger partial charge >= 0.3 is 5.97 Å². The van der Waals surface area contributed by atoms with Gasteiger partial charge in [-0.1, -0.05) is 12.1 Å². The molecule has 2 rings (SSSR count). The second-order valence-corrected chi connectivity index (χ2v) is 4.79. The van der Waals surface area contributed by atoms with E-state index in [2.05, 4.69) is 9.97 Å². The summed E-state index contributed by atoms with van der Waals surface area (Å²) < 4.78 is 0. The number of nitrogens with zero attached hydrogens (tertiary/aromatic N) is 1. The zero-order valence-electron chi connectivity index (χ0n) is 10.4. The van der Waals surface area contributed by atoms with E-state index in [1.54, 1.807) is 11.8 Å². The van der Waals surface area contributed by atoms with E-state index in [0.717, 1.165) is 10.5 Å². The van der Waals surface area contributed by atoms with E-state index in [0.29, 0.717) is 5.82 Å². The van der Waals surface area contributed by atoms with Crippen molar-refractivity contribution in [3.8, 4) is 11.4 Å². The molecule has 0 atom stereocenters. The molecule has 1 aromatic heterocycles. The van der Waals surface area contributed by atoms with Crippen molar-refractivity contribution in [1.82, 2.24) is 9.97 Å². The van der Waals surface area contributed by atoms with Gasteiger partial charge in [0.05, 0.1) is 5.69 Å². The number of aromatic carboxylic acids is 1. The Balaban J connectivity index is 2.52. The SMILES string of the molecule is CSc1ccc(-c2nc(C)c(C(=O)O)c(=O)[nH]2)cc1. The van der Waals surface area contributed by atoms with Crippen LogP contribution >= 0.6 is 11.8 Å². The average Bonchev–Trinajstić information content (AvgIpc) is 2.37. The Morgan fingerprint density at radius 3 is 2.42 bits per heavy atom. The first-order valence-electron chi connectivity index (χ1n) is 5.51. The Kier molecular flexibility index (Phi) is 3.71. The van der Waals surface area contributed by atoms with Crippen LogP contribution in [0.3, 0.4) is 0 Å². The molecule has 0 radical (unpaired) electrons. The lowest BCUT2D eigenvalue weighted by atomic mass is 10.2. The van der Waals surface area contributed by atoms with E-state index in [-0.39, 0.29) is 11.3 Å². The summed E-state index contributed by atoms with van der Waals surface area (Å²) in [4.78, 5) is 30.4. The number of hydrogen-bond donors (Lipinski definition) is 2. The molecule has 0 amide bonds. The predicted octanol–water partition coefficient (Wildman–Crippen LogP) is 2.17. The Labute approximate surface area is 113 Å². The normalized spacial score (nSPS) is 10.4. The summed E-state index contributed by atoms with van der Waals surface area (Å²) in [5.74, 6) is -0.893. The van der Waals surface area contributed by atoms with Crippen LogP contribution in [0.1, 0.15) is 16.1 Å². The van der Waals surface area contributed by atoms with E-state index >= 15 is 0 Å². The van der Waals surface area contributed by atoms with Crippen LogP contribution in [-0.2, 0) is 0 Å². The highest BCUT2D eigenvalue weighted by atomic mass is 32.2. The number of H-pyrrole nitrogens is 1. The third kappa shape index (κ3) is 2.68. The number of nitrogens with one attached hydrogen (secondary N) is 1. The summed E-state index contributed by atoms with van der Waals surface area (Å²) in [6.45, 7) is 1.51. The molecule has 5 nitrogen and oxygen atoms in total. The van der Waals surface area contributed by atoms with Crippen LogP contribution in [0.5, 0.6) is 0 Å². The van der Waals surface area contributed by atoms with Crippen LogP contribution in [-0.4, -0.2) is 27.3 Å². The minimum absolute atomic E-state index is 0.209. The third-order valence-electron chi connectivity index (χ3n) is 2.68. The van der Waals surface area contributed by atoms with Gasteiger partial charge in [0.15, 0.2) is 0 Å². The number of carboxylic acids is 1. The summed E-state index contributed by atoms with van der Waals surface area (Å²) in [7, 11) is 0. The molecule has 0 fully saturated rings. The molecule has 0 aliphatic carbocycles. The van der Waals surface area contributed by atoms with Crippen LogP contribution < -0.4 is 5.56 Å². The molecule has 0 unspecified atom stereocenters. The minimum atomic E-state index is -1.27. The van der Waals surface area contributed by atoms with Gasteiger partial charge in [-0.15, -0.1) is 11.8 Å². The van der Waals surface area contributed by atoms with Crippen molar-refractivity contribution in [1.29, 1.82) is 0 Å². The first kappa shape index (κ1) is 13.4. The average molecular weight is 276 g/mol. The Morgan fingerprint density at radius 2 is 1.95 bits per heavy atom. The van der Waals surface area contributed by atoms with Gasteiger partial charge in [-0.2, -0.15) is 0 Å². The predicted molar refractivity (Wildman–Crippen MR) is 73.8 cm³/mol. The van der Waals surface area contributed by atoms with Gasteiger partial charge in [0, 0.05) is 10.5 Å². The molecule has 0 bridgehead atoms. The van der Waals surface area contributed by atoms with Crippen LogP contribution in [0.25, 0.3) is 11.4 Å². The number of aryl methyl sites for hydroxylation is 1. The molecule has 2 N–H and O–H groups in total. The molecule has 98 valence electrons. The molecule has 1 aromatic carbocycles. The summed E-state index contributed by atoms with van der Waals surface area (Å²) in [6.07, 6.45) is 1.97. The summed E-state index contributed by atoms with van der Waals surface area (Å²) in [5.41, 5.74) is 0.00330. The zero-order chi connectivity index (χ0) is 14.0. The fourth-order valence-electron chi connectivity index (χ4n) is 1.72. The quantitative estimate of drug-likeness (QED) is 0.839. The number of carbonyl (C=O) groups is 1. The maximum absolute atomic E-state index is 11.7. The number of carboxylic acid groups (broad SMARTS) is 1. The lowest BCUT2D eigenvalue weighted by Crippen LogP contribution is -2.21. The first-order chi connectivity index (χ1) is 9.02. The number of aromatic amines is 1. The molecule has 2 aromatic rings. The van der Waals surface area contributed by atoms with Crippen molar-refractivity contribution in [2.45, 2.75) is 11.8 Å². The number of hydrogen-bond acceptors (Lipinski definition) is 4. The second kappa shape index (κ2) is 5.27. The van der Waals surface area contributed by atoms with Crippen molar-refractivity contribution in [2.24, 2.45) is 0 Å². The Morgan fingerprint density at radius 1 is 1.32 bits per heavy atom. The number of thioether (sulfide) groups is 1. The fraction of sp³-hybridized carbons (Fsp3) is 0.154. The molecule has 0 aliphatic heterocycles. The fourth-order valence-corrected chi connectivity index (χ4v) is 2.13. The number of aromatic nitrogens is 2. The third-order valence-corrected chi connectivity index (χ3v) is 3.42. The smallest absolute Gasteiger partial charge is 0.343 e. The van der Waals surface area contributed by atoms with Gasteiger partial charge in [0.2, 0.25) is 0 Å². The molecule has 0 saturated heterocycles.